The molecule has 1 rings (SSSR count). The van der Waals surface area contributed by atoms with E-state index in [9.17, 15) is 23.5 Å². The van der Waals surface area contributed by atoms with Gasteiger partial charge in [-0.25, -0.2) is 13.6 Å². The smallest absolute Gasteiger partial charge is 0.334 e. The first-order valence-electron chi connectivity index (χ1n) is 5.72. The number of carboxylic acid groups (broad SMARTS) is 1. The zero-order valence-electron chi connectivity index (χ0n) is 10.9. The number of carboxylic acids is 1. The Bertz CT molecular complexity index is 519. The van der Waals surface area contributed by atoms with Gasteiger partial charge in [-0.05, 0) is 19.9 Å². The molecule has 0 aliphatic heterocycles. The first-order valence-corrected chi connectivity index (χ1v) is 5.72. The van der Waals surface area contributed by atoms with Gasteiger partial charge >= 0.3 is 5.97 Å². The van der Waals surface area contributed by atoms with Crippen LogP contribution in [0.3, 0.4) is 0 Å². The molecular formula is C13H15F2NO3. The number of likely N-dealkylation sites (N-methyl/N-ethyl adjacent to an activating group) is 1. The molecule has 1 amide bonds. The monoisotopic (exact) mass is 271 g/mol. The highest BCUT2D eigenvalue weighted by atomic mass is 19.1. The first-order chi connectivity index (χ1) is 8.75. The maximum atomic E-state index is 13.8. The molecule has 0 fully saturated rings. The van der Waals surface area contributed by atoms with Crippen LogP contribution in [0.25, 0.3) is 0 Å². The zero-order valence-corrected chi connectivity index (χ0v) is 10.9. The molecule has 4 nitrogen and oxygen atoms in total. The SMILES string of the molecule is CCN(C(C)=O)C(C)(C(=O)O)c1ccc(F)cc1F. The third-order valence-electron chi connectivity index (χ3n) is 3.11. The molecule has 0 bridgehead atoms. The van der Waals surface area contributed by atoms with Gasteiger partial charge in [-0.1, -0.05) is 6.07 Å². The average molecular weight is 271 g/mol. The van der Waals surface area contributed by atoms with Crippen LogP contribution in [-0.4, -0.2) is 28.4 Å². The minimum Gasteiger partial charge on any atom is -0.479 e. The number of aliphatic carboxylic acids is 1. The van der Waals surface area contributed by atoms with Gasteiger partial charge in [0.15, 0.2) is 5.54 Å². The molecule has 6 heteroatoms. The van der Waals surface area contributed by atoms with Crippen molar-refractivity contribution in [2.45, 2.75) is 26.3 Å². The van der Waals surface area contributed by atoms with Crippen LogP contribution >= 0.6 is 0 Å². The summed E-state index contributed by atoms with van der Waals surface area (Å²) in [6.45, 7) is 4.10. The van der Waals surface area contributed by atoms with E-state index in [0.717, 1.165) is 17.0 Å². The lowest BCUT2D eigenvalue weighted by Crippen LogP contribution is -2.52. The molecule has 104 valence electrons. The van der Waals surface area contributed by atoms with E-state index < -0.39 is 29.0 Å². The Morgan fingerprint density at radius 3 is 2.32 bits per heavy atom. The number of hydrogen-bond donors (Lipinski definition) is 1. The van der Waals surface area contributed by atoms with E-state index >= 15 is 0 Å². The van der Waals surface area contributed by atoms with Gasteiger partial charge in [0.1, 0.15) is 11.6 Å². The molecule has 0 saturated carbocycles. The van der Waals surface area contributed by atoms with Gasteiger partial charge in [0.2, 0.25) is 5.91 Å². The van der Waals surface area contributed by atoms with Crippen LogP contribution in [-0.2, 0) is 15.1 Å². The van der Waals surface area contributed by atoms with E-state index in [1.807, 2.05) is 0 Å². The average Bonchev–Trinajstić information content (AvgIpc) is 2.28. The highest BCUT2D eigenvalue weighted by Crippen LogP contribution is 2.31. The maximum Gasteiger partial charge on any atom is 0.334 e. The van der Waals surface area contributed by atoms with Crippen molar-refractivity contribution in [3.8, 4) is 0 Å². The predicted molar refractivity (Wildman–Crippen MR) is 64.4 cm³/mol. The molecule has 0 aliphatic rings. The highest BCUT2D eigenvalue weighted by molar-refractivity contribution is 5.87. The lowest BCUT2D eigenvalue weighted by Gasteiger charge is -2.37. The van der Waals surface area contributed by atoms with Crippen LogP contribution in [0, 0.1) is 11.6 Å². The molecule has 1 aromatic carbocycles. The van der Waals surface area contributed by atoms with Gasteiger partial charge in [0.25, 0.3) is 0 Å². The molecule has 1 atom stereocenters. The van der Waals surface area contributed by atoms with E-state index in [1.54, 1.807) is 6.92 Å². The third-order valence-corrected chi connectivity index (χ3v) is 3.11. The summed E-state index contributed by atoms with van der Waals surface area (Å²) in [6, 6.07) is 2.61. The summed E-state index contributed by atoms with van der Waals surface area (Å²) in [5.74, 6) is -3.68. The van der Waals surface area contributed by atoms with Crippen LogP contribution in [0.4, 0.5) is 8.78 Å². The van der Waals surface area contributed by atoms with Crippen LogP contribution in [0.5, 0.6) is 0 Å². The van der Waals surface area contributed by atoms with E-state index in [2.05, 4.69) is 0 Å². The molecule has 0 spiro atoms. The summed E-state index contributed by atoms with van der Waals surface area (Å²) < 4.78 is 26.7. The largest absolute Gasteiger partial charge is 0.479 e. The Morgan fingerprint density at radius 2 is 1.95 bits per heavy atom. The van der Waals surface area contributed by atoms with Crippen molar-refractivity contribution in [1.82, 2.24) is 4.90 Å². The minimum absolute atomic E-state index is 0.0922. The predicted octanol–water partition coefficient (Wildman–Crippen LogP) is 2.13. The molecule has 0 radical (unpaired) electrons. The fourth-order valence-corrected chi connectivity index (χ4v) is 2.11. The Hall–Kier alpha value is -1.98. The second-order valence-corrected chi connectivity index (χ2v) is 4.26. The number of rotatable bonds is 4. The van der Waals surface area contributed by atoms with E-state index in [-0.39, 0.29) is 12.1 Å². The summed E-state index contributed by atoms with van der Waals surface area (Å²) in [6.07, 6.45) is 0. The molecule has 0 saturated heterocycles. The van der Waals surface area contributed by atoms with Gasteiger partial charge < -0.3 is 10.0 Å². The molecule has 19 heavy (non-hydrogen) atoms. The second-order valence-electron chi connectivity index (χ2n) is 4.26. The van der Waals surface area contributed by atoms with Crippen LogP contribution in [0.15, 0.2) is 18.2 Å². The summed E-state index contributed by atoms with van der Waals surface area (Å²) in [7, 11) is 0. The van der Waals surface area contributed by atoms with Crippen LogP contribution in [0.2, 0.25) is 0 Å². The lowest BCUT2D eigenvalue weighted by atomic mass is 9.89. The molecule has 1 unspecified atom stereocenters. The van der Waals surface area contributed by atoms with E-state index in [0.29, 0.717) is 6.07 Å². The Labute approximate surface area is 109 Å². The Kier molecular flexibility index (Phi) is 4.24. The lowest BCUT2D eigenvalue weighted by molar-refractivity contribution is -0.158. The maximum absolute atomic E-state index is 13.8. The second kappa shape index (κ2) is 5.34. The zero-order chi connectivity index (χ0) is 14.8. The molecule has 0 aliphatic carbocycles. The van der Waals surface area contributed by atoms with Gasteiger partial charge in [-0.15, -0.1) is 0 Å². The van der Waals surface area contributed by atoms with Crippen molar-refractivity contribution in [2.24, 2.45) is 0 Å². The van der Waals surface area contributed by atoms with Crippen molar-refractivity contribution in [1.29, 1.82) is 0 Å². The quantitative estimate of drug-likeness (QED) is 0.912. The standard InChI is InChI=1S/C13H15F2NO3/c1-4-16(8(2)17)13(3,12(18)19)10-6-5-9(14)7-11(10)15/h5-7H,4H2,1-3H3,(H,18,19). The summed E-state index contributed by atoms with van der Waals surface area (Å²) in [4.78, 5) is 24.1. The van der Waals surface area contributed by atoms with E-state index in [1.165, 1.54) is 13.8 Å². The molecule has 0 aromatic heterocycles. The normalized spacial score (nSPS) is 13.7. The van der Waals surface area contributed by atoms with Crippen molar-refractivity contribution in [3.05, 3.63) is 35.4 Å². The molecule has 1 aromatic rings. The first kappa shape index (κ1) is 15.1. The van der Waals surface area contributed by atoms with E-state index in [4.69, 9.17) is 0 Å². The van der Waals surface area contributed by atoms with Crippen molar-refractivity contribution in [3.63, 3.8) is 0 Å². The number of nitrogens with zero attached hydrogens (tertiary/aromatic N) is 1. The summed E-state index contributed by atoms with van der Waals surface area (Å²) in [5, 5.41) is 9.38. The third kappa shape index (κ3) is 2.57. The number of amides is 1. The number of hydrogen-bond acceptors (Lipinski definition) is 2. The fourth-order valence-electron chi connectivity index (χ4n) is 2.11. The number of carbonyl (C=O) groups is 2. The Balaban J connectivity index is 3.49. The van der Waals surface area contributed by atoms with Crippen molar-refractivity contribution >= 4 is 11.9 Å². The van der Waals surface area contributed by atoms with Gasteiger partial charge in [-0.3, -0.25) is 4.79 Å². The minimum atomic E-state index is -1.88. The topological polar surface area (TPSA) is 57.6 Å². The van der Waals surface area contributed by atoms with Gasteiger partial charge in [0.05, 0.1) is 0 Å². The molecular weight excluding hydrogens is 256 g/mol. The van der Waals surface area contributed by atoms with Crippen LogP contribution < -0.4 is 0 Å². The summed E-state index contributed by atoms with van der Waals surface area (Å²) in [5.41, 5.74) is -2.13. The van der Waals surface area contributed by atoms with Crippen LogP contribution in [0.1, 0.15) is 26.3 Å². The highest BCUT2D eigenvalue weighted by Gasteiger charge is 2.44. The fraction of sp³-hybridized carbons (Fsp3) is 0.385. The number of halogens is 2. The van der Waals surface area contributed by atoms with Crippen molar-refractivity contribution < 1.29 is 23.5 Å². The molecule has 1 N–H and O–H groups in total. The molecule has 0 heterocycles. The summed E-state index contributed by atoms with van der Waals surface area (Å²) >= 11 is 0. The number of benzene rings is 1. The Morgan fingerprint density at radius 1 is 1.37 bits per heavy atom. The number of carbonyl (C=O) groups excluding carboxylic acids is 1. The van der Waals surface area contributed by atoms with Gasteiger partial charge in [0, 0.05) is 25.1 Å². The van der Waals surface area contributed by atoms with Crippen molar-refractivity contribution in [2.75, 3.05) is 6.54 Å². The van der Waals surface area contributed by atoms with Gasteiger partial charge in [-0.2, -0.15) is 0 Å².